The van der Waals surface area contributed by atoms with Crippen LogP contribution in [0.2, 0.25) is 0 Å². The van der Waals surface area contributed by atoms with Crippen molar-refractivity contribution in [1.82, 2.24) is 9.88 Å². The summed E-state index contributed by atoms with van der Waals surface area (Å²) in [5, 5.41) is 12.6. The number of halogens is 3. The third-order valence-electron chi connectivity index (χ3n) is 6.20. The van der Waals surface area contributed by atoms with E-state index in [2.05, 4.69) is 10.3 Å². The highest BCUT2D eigenvalue weighted by Gasteiger charge is 2.44. The molecule has 4 rings (SSSR count). The summed E-state index contributed by atoms with van der Waals surface area (Å²) in [7, 11) is 1.70. The molecule has 1 fully saturated rings. The number of benzene rings is 1. The van der Waals surface area contributed by atoms with Crippen molar-refractivity contribution in [2.24, 2.45) is 0 Å². The lowest BCUT2D eigenvalue weighted by Crippen LogP contribution is -2.51. The van der Waals surface area contributed by atoms with E-state index in [1.54, 1.807) is 32.3 Å². The van der Waals surface area contributed by atoms with Crippen molar-refractivity contribution < 1.29 is 32.6 Å². The minimum atomic E-state index is -4.62. The molecule has 2 amide bonds. The lowest BCUT2D eigenvalue weighted by Gasteiger charge is -2.43. The first-order valence-electron chi connectivity index (χ1n) is 11.8. The molecule has 0 spiro atoms. The van der Waals surface area contributed by atoms with Crippen LogP contribution in [0.1, 0.15) is 43.9 Å². The van der Waals surface area contributed by atoms with Gasteiger partial charge in [-0.05, 0) is 62.1 Å². The van der Waals surface area contributed by atoms with E-state index in [1.165, 1.54) is 12.1 Å². The Hall–Kier alpha value is -4.02. The van der Waals surface area contributed by atoms with Crippen LogP contribution in [0.4, 0.5) is 29.5 Å². The molecule has 1 saturated carbocycles. The zero-order valence-electron chi connectivity index (χ0n) is 20.6. The van der Waals surface area contributed by atoms with Crippen LogP contribution < -0.4 is 10.2 Å². The number of carbonyl (C=O) groups excluding carboxylic acids is 1. The van der Waals surface area contributed by atoms with Gasteiger partial charge in [-0.3, -0.25) is 9.69 Å². The van der Waals surface area contributed by atoms with Crippen molar-refractivity contribution in [3.05, 3.63) is 76.3 Å². The van der Waals surface area contributed by atoms with Gasteiger partial charge in [0.15, 0.2) is 0 Å². The summed E-state index contributed by atoms with van der Waals surface area (Å²) in [5.41, 5.74) is 1.48. The number of ether oxygens (including phenoxy) is 1. The van der Waals surface area contributed by atoms with Crippen LogP contribution in [0.25, 0.3) is 0 Å². The smallest absolute Gasteiger partial charge is 0.416 e. The normalized spacial score (nSPS) is 17.7. The fourth-order valence-electron chi connectivity index (χ4n) is 4.44. The standard InChI is InChI=1S/C26H27F3N4O4/c1-4-37-24(16-8-9-16)22-15(2)33(19-7-5-6-18(12-19)26(27,28)29)25(36)32(14-21(34)35)23(22)17-10-11-20(30-3)31-13-17/h5-7,10-13,23H,4,8-9,14H2,1-3H3,(H,30,31)(H,34,35). The van der Waals surface area contributed by atoms with Gasteiger partial charge in [-0.2, -0.15) is 13.2 Å². The molecule has 2 aliphatic rings. The highest BCUT2D eigenvalue weighted by molar-refractivity contribution is 5.99. The number of aliphatic carboxylic acids is 1. The second kappa shape index (κ2) is 10.2. The summed E-state index contributed by atoms with van der Waals surface area (Å²) >= 11 is 0. The number of urea groups is 1. The summed E-state index contributed by atoms with van der Waals surface area (Å²) in [6.45, 7) is 3.08. The first-order valence-corrected chi connectivity index (χ1v) is 11.8. The average molecular weight is 517 g/mol. The van der Waals surface area contributed by atoms with Crippen LogP contribution in [-0.2, 0) is 15.7 Å². The number of carboxylic acids is 1. The van der Waals surface area contributed by atoms with Crippen LogP contribution in [0.3, 0.4) is 0 Å². The number of nitrogens with zero attached hydrogens (tertiary/aromatic N) is 3. The molecular formula is C26H27F3N4O4. The summed E-state index contributed by atoms with van der Waals surface area (Å²) in [6, 6.07) is 6.21. The molecule has 0 bridgehead atoms. The fourth-order valence-corrected chi connectivity index (χ4v) is 4.44. The summed E-state index contributed by atoms with van der Waals surface area (Å²) in [4.78, 5) is 32.3. The van der Waals surface area contributed by atoms with Gasteiger partial charge < -0.3 is 20.1 Å². The molecule has 8 nitrogen and oxygen atoms in total. The van der Waals surface area contributed by atoms with Gasteiger partial charge in [-0.15, -0.1) is 0 Å². The monoisotopic (exact) mass is 516 g/mol. The molecule has 196 valence electrons. The summed E-state index contributed by atoms with van der Waals surface area (Å²) < 4.78 is 46.5. The van der Waals surface area contributed by atoms with Crippen LogP contribution in [0.15, 0.2) is 65.2 Å². The van der Waals surface area contributed by atoms with E-state index in [-0.39, 0.29) is 5.69 Å². The Morgan fingerprint density at radius 2 is 1.97 bits per heavy atom. The number of carbonyl (C=O) groups is 2. The van der Waals surface area contributed by atoms with Crippen LogP contribution >= 0.6 is 0 Å². The molecule has 1 aromatic heterocycles. The Balaban J connectivity index is 1.98. The maximum Gasteiger partial charge on any atom is 0.416 e. The molecule has 2 aromatic rings. The van der Waals surface area contributed by atoms with Gasteiger partial charge in [0.25, 0.3) is 0 Å². The molecule has 1 aromatic carbocycles. The quantitative estimate of drug-likeness (QED) is 0.446. The van der Waals surface area contributed by atoms with E-state index in [1.807, 2.05) is 6.92 Å². The molecule has 2 heterocycles. The van der Waals surface area contributed by atoms with Crippen LogP contribution in [0.5, 0.6) is 0 Å². The summed E-state index contributed by atoms with van der Waals surface area (Å²) in [5.74, 6) is -0.158. The van der Waals surface area contributed by atoms with Crippen molar-refractivity contribution in [3.63, 3.8) is 0 Å². The highest BCUT2D eigenvalue weighted by atomic mass is 19.4. The largest absolute Gasteiger partial charge is 0.493 e. The van der Waals surface area contributed by atoms with Gasteiger partial charge in [-0.1, -0.05) is 12.1 Å². The second-order valence-corrected chi connectivity index (χ2v) is 8.68. The molecule has 1 aliphatic heterocycles. The van der Waals surface area contributed by atoms with Gasteiger partial charge in [0.1, 0.15) is 18.1 Å². The number of nitrogens with one attached hydrogen (secondary N) is 1. The third kappa shape index (κ3) is 5.25. The van der Waals surface area contributed by atoms with Crippen molar-refractivity contribution in [3.8, 4) is 0 Å². The topological polar surface area (TPSA) is 95.0 Å². The molecule has 2 N–H and O–H groups in total. The number of aromatic nitrogens is 1. The van der Waals surface area contributed by atoms with E-state index in [4.69, 9.17) is 4.74 Å². The van der Waals surface area contributed by atoms with Gasteiger partial charge >= 0.3 is 18.2 Å². The number of anilines is 2. The molecule has 0 saturated heterocycles. The number of allylic oxidation sites excluding steroid dienone is 2. The van der Waals surface area contributed by atoms with E-state index in [0.717, 1.165) is 40.3 Å². The van der Waals surface area contributed by atoms with Gasteiger partial charge in [0, 0.05) is 24.5 Å². The first kappa shape index (κ1) is 26.1. The lowest BCUT2D eigenvalue weighted by atomic mass is 9.91. The highest BCUT2D eigenvalue weighted by Crippen LogP contribution is 2.47. The number of hydrogen-bond donors (Lipinski definition) is 2. The van der Waals surface area contributed by atoms with Crippen molar-refractivity contribution in [1.29, 1.82) is 0 Å². The predicted octanol–water partition coefficient (Wildman–Crippen LogP) is 5.57. The molecule has 1 aliphatic carbocycles. The number of rotatable bonds is 8. The van der Waals surface area contributed by atoms with E-state index in [9.17, 15) is 27.9 Å². The van der Waals surface area contributed by atoms with E-state index < -0.39 is 36.3 Å². The van der Waals surface area contributed by atoms with Crippen molar-refractivity contribution >= 4 is 23.5 Å². The number of pyridine rings is 1. The number of alkyl halides is 3. The molecule has 37 heavy (non-hydrogen) atoms. The number of hydrogen-bond acceptors (Lipinski definition) is 5. The Labute approximate surface area is 212 Å². The third-order valence-corrected chi connectivity index (χ3v) is 6.20. The number of carboxylic acid groups (broad SMARTS) is 1. The minimum absolute atomic E-state index is 0.0241. The predicted molar refractivity (Wildman–Crippen MR) is 131 cm³/mol. The zero-order valence-corrected chi connectivity index (χ0v) is 20.6. The molecule has 1 unspecified atom stereocenters. The maximum absolute atomic E-state index is 13.8. The van der Waals surface area contributed by atoms with E-state index >= 15 is 0 Å². The number of amides is 2. The SMILES string of the molecule is CCOC(=C1CC1)C1=C(C)N(c2cccc(C(F)(F)F)c2)C(=O)N(CC(=O)O)C1c1ccc(NC)nc1. The lowest BCUT2D eigenvalue weighted by molar-refractivity contribution is -0.138. The zero-order chi connectivity index (χ0) is 26.9. The molecular weight excluding hydrogens is 489 g/mol. The van der Waals surface area contributed by atoms with Crippen molar-refractivity contribution in [2.45, 2.75) is 38.9 Å². The Morgan fingerprint density at radius 1 is 1.24 bits per heavy atom. The van der Waals surface area contributed by atoms with Gasteiger partial charge in [0.05, 0.1) is 23.9 Å². The Bertz CT molecular complexity index is 1270. The van der Waals surface area contributed by atoms with E-state index in [0.29, 0.717) is 35.0 Å². The minimum Gasteiger partial charge on any atom is -0.493 e. The first-order chi connectivity index (χ1) is 17.6. The van der Waals surface area contributed by atoms with Gasteiger partial charge in [-0.25, -0.2) is 9.78 Å². The fraction of sp³-hybridized carbons (Fsp3) is 0.346. The Kier molecular flexibility index (Phi) is 7.15. The van der Waals surface area contributed by atoms with Gasteiger partial charge in [0.2, 0.25) is 0 Å². The maximum atomic E-state index is 13.8. The molecule has 1 atom stereocenters. The average Bonchev–Trinajstić information content (AvgIpc) is 3.69. The van der Waals surface area contributed by atoms with Crippen LogP contribution in [0, 0.1) is 0 Å². The Morgan fingerprint density at radius 3 is 2.51 bits per heavy atom. The summed E-state index contributed by atoms with van der Waals surface area (Å²) in [6.07, 6.45) is -1.53. The van der Waals surface area contributed by atoms with Crippen LogP contribution in [-0.4, -0.2) is 47.2 Å². The molecule has 11 heteroatoms. The van der Waals surface area contributed by atoms with Crippen molar-refractivity contribution in [2.75, 3.05) is 30.4 Å². The molecule has 0 radical (unpaired) electrons. The second-order valence-electron chi connectivity index (χ2n) is 8.68.